The Morgan fingerprint density at radius 2 is 1.94 bits per heavy atom. The molecule has 0 atom stereocenters. The average molecular weight is 282 g/mol. The number of alkyl halides is 3. The molecule has 1 aromatic heterocycles. The van der Waals surface area contributed by atoms with E-state index in [9.17, 15) is 13.2 Å². The molecule has 0 aliphatic rings. The summed E-state index contributed by atoms with van der Waals surface area (Å²) in [6, 6.07) is 2.87. The van der Waals surface area contributed by atoms with Gasteiger partial charge in [0, 0.05) is 0 Å². The Morgan fingerprint density at radius 3 is 2.41 bits per heavy atom. The summed E-state index contributed by atoms with van der Waals surface area (Å²) in [6.07, 6.45) is -6.03. The van der Waals surface area contributed by atoms with Crippen molar-refractivity contribution in [2.75, 3.05) is 0 Å². The Kier molecular flexibility index (Phi) is 4.65. The van der Waals surface area contributed by atoms with Crippen LogP contribution in [0.15, 0.2) is 4.34 Å². The van der Waals surface area contributed by atoms with Crippen LogP contribution in [0.1, 0.15) is 5.01 Å². The lowest BCUT2D eigenvalue weighted by Crippen LogP contribution is -2.04. The fourth-order valence-corrected chi connectivity index (χ4v) is 1.67. The van der Waals surface area contributed by atoms with E-state index in [2.05, 4.69) is 19.4 Å². The second-order valence-electron chi connectivity index (χ2n) is 2.26. The number of halogens is 3. The van der Waals surface area contributed by atoms with Crippen molar-refractivity contribution >= 4 is 23.4 Å². The van der Waals surface area contributed by atoms with E-state index in [-0.39, 0.29) is 15.7 Å². The standard InChI is InChI=1S/C6HF3N4O2S2/c7-6(8,9)4-12-13-5(16-4)17-15-14-3(1-10)2-11/h3H. The molecule has 1 aromatic rings. The first kappa shape index (κ1) is 13.7. The van der Waals surface area contributed by atoms with Crippen LogP contribution in [0.5, 0.6) is 0 Å². The first-order valence-electron chi connectivity index (χ1n) is 3.67. The van der Waals surface area contributed by atoms with Gasteiger partial charge in [-0.15, -0.1) is 10.2 Å². The largest absolute Gasteiger partial charge is 0.445 e. The molecule has 0 aromatic carbocycles. The van der Waals surface area contributed by atoms with E-state index in [1.54, 1.807) is 0 Å². The van der Waals surface area contributed by atoms with Gasteiger partial charge in [-0.05, 0) is 0 Å². The Morgan fingerprint density at radius 1 is 1.29 bits per heavy atom. The third-order valence-corrected chi connectivity index (χ3v) is 2.71. The molecule has 6 nitrogen and oxygen atoms in total. The van der Waals surface area contributed by atoms with E-state index >= 15 is 0 Å². The first-order valence-corrected chi connectivity index (χ1v) is 5.23. The Labute approximate surface area is 101 Å². The molecule has 0 aliphatic heterocycles. The molecule has 0 saturated carbocycles. The number of rotatable bonds is 4. The van der Waals surface area contributed by atoms with Gasteiger partial charge in [0.2, 0.25) is 9.35 Å². The summed E-state index contributed by atoms with van der Waals surface area (Å²) in [6.45, 7) is 0. The predicted octanol–water partition coefficient (Wildman–Crippen LogP) is 1.93. The molecular formula is C6HF3N4O2S2. The summed E-state index contributed by atoms with van der Waals surface area (Å²) >= 11 is 0.589. The summed E-state index contributed by atoms with van der Waals surface area (Å²) in [5, 5.41) is 21.5. The first-order chi connectivity index (χ1) is 7.97. The molecule has 0 saturated heterocycles. The number of nitriles is 2. The fourth-order valence-electron chi connectivity index (χ4n) is 0.518. The van der Waals surface area contributed by atoms with Crippen molar-refractivity contribution in [3.8, 4) is 12.1 Å². The normalized spacial score (nSPS) is 11.2. The molecule has 17 heavy (non-hydrogen) atoms. The van der Waals surface area contributed by atoms with Crippen molar-refractivity contribution in [3.05, 3.63) is 5.01 Å². The van der Waals surface area contributed by atoms with Gasteiger partial charge in [0.1, 0.15) is 24.2 Å². The van der Waals surface area contributed by atoms with Crippen LogP contribution in [0.4, 0.5) is 13.2 Å². The molecule has 11 heteroatoms. The highest BCUT2D eigenvalue weighted by molar-refractivity contribution is 7.96. The highest BCUT2D eigenvalue weighted by Gasteiger charge is 2.35. The van der Waals surface area contributed by atoms with Crippen LogP contribution in [0, 0.1) is 22.7 Å². The molecule has 0 spiro atoms. The van der Waals surface area contributed by atoms with Crippen molar-refractivity contribution in [3.63, 3.8) is 0 Å². The number of aromatic nitrogens is 2. The van der Waals surface area contributed by atoms with Gasteiger partial charge in [-0.2, -0.15) is 32.9 Å². The lowest BCUT2D eigenvalue weighted by atomic mass is 10.5. The van der Waals surface area contributed by atoms with Crippen LogP contribution in [0.25, 0.3) is 0 Å². The van der Waals surface area contributed by atoms with Crippen LogP contribution in [-0.4, -0.2) is 16.3 Å². The van der Waals surface area contributed by atoms with Gasteiger partial charge < -0.3 is 0 Å². The maximum atomic E-state index is 12.1. The van der Waals surface area contributed by atoms with E-state index in [1.165, 1.54) is 12.1 Å². The summed E-state index contributed by atoms with van der Waals surface area (Å²) in [7, 11) is 0. The Hall–Kier alpha value is -1.40. The lowest BCUT2D eigenvalue weighted by molar-refractivity contribution is -0.199. The minimum atomic E-state index is -4.57. The van der Waals surface area contributed by atoms with E-state index in [0.29, 0.717) is 12.0 Å². The summed E-state index contributed by atoms with van der Waals surface area (Å²) in [4.78, 5) is 4.24. The molecular weight excluding hydrogens is 281 g/mol. The van der Waals surface area contributed by atoms with Gasteiger partial charge in [0.15, 0.2) is 0 Å². The van der Waals surface area contributed by atoms with Crippen molar-refractivity contribution < 1.29 is 22.4 Å². The summed E-state index contributed by atoms with van der Waals surface area (Å²) in [5.41, 5.74) is 0. The molecule has 0 aliphatic carbocycles. The van der Waals surface area contributed by atoms with Crippen LogP contribution in [0.3, 0.4) is 0 Å². The number of hydrogen-bond donors (Lipinski definition) is 0. The molecule has 0 unspecified atom stereocenters. The SMILES string of the molecule is N#CC(C#N)OOSc1nnc(C(F)(F)F)s1. The van der Waals surface area contributed by atoms with Crippen LogP contribution in [0.2, 0.25) is 0 Å². The van der Waals surface area contributed by atoms with Gasteiger partial charge >= 0.3 is 6.18 Å². The minimum Gasteiger partial charge on any atom is -0.194 e. The van der Waals surface area contributed by atoms with E-state index in [4.69, 9.17) is 10.5 Å². The maximum Gasteiger partial charge on any atom is 0.445 e. The third kappa shape index (κ3) is 4.16. The van der Waals surface area contributed by atoms with E-state index < -0.39 is 17.3 Å². The van der Waals surface area contributed by atoms with Crippen molar-refractivity contribution in [1.29, 1.82) is 10.5 Å². The van der Waals surface area contributed by atoms with Gasteiger partial charge in [-0.1, -0.05) is 11.3 Å². The molecule has 0 N–H and O–H groups in total. The predicted molar refractivity (Wildman–Crippen MR) is 48.0 cm³/mol. The van der Waals surface area contributed by atoms with Crippen LogP contribution < -0.4 is 0 Å². The molecule has 90 valence electrons. The summed E-state index contributed by atoms with van der Waals surface area (Å²) < 4.78 is 40.4. The van der Waals surface area contributed by atoms with Gasteiger partial charge in [-0.3, -0.25) is 0 Å². The quantitative estimate of drug-likeness (QED) is 0.473. The number of nitrogens with zero attached hydrogens (tertiary/aromatic N) is 4. The van der Waals surface area contributed by atoms with Gasteiger partial charge in [-0.25, -0.2) is 0 Å². The minimum absolute atomic E-state index is 0.160. The fraction of sp³-hybridized carbons (Fsp3) is 0.333. The van der Waals surface area contributed by atoms with E-state index in [1.807, 2.05) is 0 Å². The topological polar surface area (TPSA) is 91.8 Å². The van der Waals surface area contributed by atoms with Crippen molar-refractivity contribution in [2.24, 2.45) is 0 Å². The molecule has 0 amide bonds. The zero-order valence-electron chi connectivity index (χ0n) is 7.63. The second-order valence-corrected chi connectivity index (χ2v) is 4.18. The maximum absolute atomic E-state index is 12.1. The average Bonchev–Trinajstić information content (AvgIpc) is 2.73. The highest BCUT2D eigenvalue weighted by atomic mass is 32.2. The zero-order valence-corrected chi connectivity index (χ0v) is 9.27. The monoisotopic (exact) mass is 282 g/mol. The Bertz CT molecular complexity index is 449. The van der Waals surface area contributed by atoms with Crippen molar-refractivity contribution in [2.45, 2.75) is 16.6 Å². The highest BCUT2D eigenvalue weighted by Crippen LogP contribution is 2.34. The molecule has 0 fully saturated rings. The lowest BCUT2D eigenvalue weighted by Gasteiger charge is -1.98. The summed E-state index contributed by atoms with van der Waals surface area (Å²) in [5.74, 6) is 0. The van der Waals surface area contributed by atoms with Gasteiger partial charge in [0.05, 0.1) is 0 Å². The van der Waals surface area contributed by atoms with E-state index in [0.717, 1.165) is 0 Å². The third-order valence-electron chi connectivity index (χ3n) is 1.12. The molecule has 1 heterocycles. The van der Waals surface area contributed by atoms with Crippen molar-refractivity contribution in [1.82, 2.24) is 10.2 Å². The van der Waals surface area contributed by atoms with Gasteiger partial charge in [0.25, 0.3) is 6.10 Å². The van der Waals surface area contributed by atoms with Crippen LogP contribution in [-0.2, 0) is 15.4 Å². The van der Waals surface area contributed by atoms with Crippen LogP contribution >= 0.6 is 23.4 Å². The Balaban J connectivity index is 2.47. The second kappa shape index (κ2) is 5.79. The molecule has 0 radical (unpaired) electrons. The zero-order chi connectivity index (χ0) is 12.9. The molecule has 0 bridgehead atoms. The smallest absolute Gasteiger partial charge is 0.194 e. The molecule has 1 rings (SSSR count). The number of hydrogen-bond acceptors (Lipinski definition) is 8.